The SMILES string of the molecule is N#CCN(Cc1ccccc1)C(=O)CC1COCCN1. The first-order chi connectivity index (χ1) is 9.79. The summed E-state index contributed by atoms with van der Waals surface area (Å²) in [6.07, 6.45) is 0.370. The van der Waals surface area contributed by atoms with Crippen molar-refractivity contribution in [2.45, 2.75) is 19.0 Å². The van der Waals surface area contributed by atoms with Gasteiger partial charge in [-0.2, -0.15) is 5.26 Å². The maximum Gasteiger partial charge on any atom is 0.225 e. The number of hydrogen-bond acceptors (Lipinski definition) is 4. The Bertz CT molecular complexity index is 464. The zero-order valence-electron chi connectivity index (χ0n) is 11.4. The van der Waals surface area contributed by atoms with Gasteiger partial charge < -0.3 is 15.0 Å². The van der Waals surface area contributed by atoms with Crippen LogP contribution in [0.15, 0.2) is 30.3 Å². The molecule has 0 spiro atoms. The van der Waals surface area contributed by atoms with Gasteiger partial charge in [0.05, 0.1) is 19.3 Å². The van der Waals surface area contributed by atoms with Gasteiger partial charge in [0.15, 0.2) is 0 Å². The molecular weight excluding hydrogens is 254 g/mol. The molecule has 0 radical (unpaired) electrons. The van der Waals surface area contributed by atoms with Crippen LogP contribution in [0.3, 0.4) is 0 Å². The standard InChI is InChI=1S/C15H19N3O2/c16-6-8-18(11-13-4-2-1-3-5-13)15(19)10-14-12-20-9-7-17-14/h1-5,14,17H,7-12H2. The molecule has 1 aliphatic rings. The minimum absolute atomic E-state index is 0.0154. The molecule has 2 rings (SSSR count). The normalized spacial score (nSPS) is 18.2. The lowest BCUT2D eigenvalue weighted by atomic mass is 10.1. The van der Waals surface area contributed by atoms with Crippen molar-refractivity contribution in [2.24, 2.45) is 0 Å². The molecule has 106 valence electrons. The third kappa shape index (κ3) is 4.34. The molecule has 20 heavy (non-hydrogen) atoms. The summed E-state index contributed by atoms with van der Waals surface area (Å²) in [4.78, 5) is 13.9. The van der Waals surface area contributed by atoms with Gasteiger partial charge in [-0.15, -0.1) is 0 Å². The summed E-state index contributed by atoms with van der Waals surface area (Å²) < 4.78 is 5.34. The topological polar surface area (TPSA) is 65.4 Å². The fourth-order valence-electron chi connectivity index (χ4n) is 2.21. The summed E-state index contributed by atoms with van der Waals surface area (Å²) in [7, 11) is 0. The van der Waals surface area contributed by atoms with Crippen LogP contribution in [0, 0.1) is 11.3 Å². The second kappa shape index (κ2) is 7.63. The monoisotopic (exact) mass is 273 g/mol. The maximum absolute atomic E-state index is 12.3. The number of nitrogens with zero attached hydrogens (tertiary/aromatic N) is 2. The van der Waals surface area contributed by atoms with E-state index in [-0.39, 0.29) is 18.5 Å². The van der Waals surface area contributed by atoms with Gasteiger partial charge in [-0.3, -0.25) is 4.79 Å². The first-order valence-corrected chi connectivity index (χ1v) is 6.79. The van der Waals surface area contributed by atoms with E-state index in [1.54, 1.807) is 4.90 Å². The lowest BCUT2D eigenvalue weighted by molar-refractivity contribution is -0.132. The van der Waals surface area contributed by atoms with E-state index < -0.39 is 0 Å². The van der Waals surface area contributed by atoms with Crippen molar-refractivity contribution in [1.82, 2.24) is 10.2 Å². The van der Waals surface area contributed by atoms with Crippen molar-refractivity contribution in [1.29, 1.82) is 5.26 Å². The minimum atomic E-state index is -0.0154. The van der Waals surface area contributed by atoms with Crippen LogP contribution >= 0.6 is 0 Å². The molecule has 1 aliphatic heterocycles. The van der Waals surface area contributed by atoms with Crippen molar-refractivity contribution in [3.05, 3.63) is 35.9 Å². The highest BCUT2D eigenvalue weighted by Crippen LogP contribution is 2.08. The number of nitriles is 1. The summed E-state index contributed by atoms with van der Waals surface area (Å²) in [6, 6.07) is 11.8. The summed E-state index contributed by atoms with van der Waals surface area (Å²) in [5.41, 5.74) is 1.03. The molecule has 1 saturated heterocycles. The molecule has 1 amide bonds. The fraction of sp³-hybridized carbons (Fsp3) is 0.467. The fourth-order valence-corrected chi connectivity index (χ4v) is 2.21. The van der Waals surface area contributed by atoms with E-state index in [0.29, 0.717) is 26.2 Å². The maximum atomic E-state index is 12.3. The Labute approximate surface area is 119 Å². The zero-order valence-corrected chi connectivity index (χ0v) is 11.4. The van der Waals surface area contributed by atoms with Gasteiger partial charge in [0.2, 0.25) is 5.91 Å². The van der Waals surface area contributed by atoms with Gasteiger partial charge in [0.25, 0.3) is 0 Å². The van der Waals surface area contributed by atoms with Gasteiger partial charge >= 0.3 is 0 Å². The number of benzene rings is 1. The van der Waals surface area contributed by atoms with E-state index in [0.717, 1.165) is 12.1 Å². The van der Waals surface area contributed by atoms with Crippen molar-refractivity contribution in [3.8, 4) is 6.07 Å². The van der Waals surface area contributed by atoms with Crippen LogP contribution in [0.5, 0.6) is 0 Å². The summed E-state index contributed by atoms with van der Waals surface area (Å²) >= 11 is 0. The van der Waals surface area contributed by atoms with Crippen molar-refractivity contribution in [3.63, 3.8) is 0 Å². The smallest absolute Gasteiger partial charge is 0.225 e. The highest BCUT2D eigenvalue weighted by atomic mass is 16.5. The molecule has 1 N–H and O–H groups in total. The molecule has 0 bridgehead atoms. The highest BCUT2D eigenvalue weighted by Gasteiger charge is 2.21. The van der Waals surface area contributed by atoms with Gasteiger partial charge in [-0.05, 0) is 5.56 Å². The molecule has 0 aromatic heterocycles. The number of amides is 1. The number of carbonyl (C=O) groups is 1. The van der Waals surface area contributed by atoms with Crippen LogP contribution in [0.1, 0.15) is 12.0 Å². The van der Waals surface area contributed by atoms with Crippen LogP contribution < -0.4 is 5.32 Å². The van der Waals surface area contributed by atoms with Crippen molar-refractivity contribution < 1.29 is 9.53 Å². The molecule has 0 saturated carbocycles. The molecule has 0 aliphatic carbocycles. The minimum Gasteiger partial charge on any atom is -0.378 e. The number of nitrogens with one attached hydrogen (secondary N) is 1. The predicted octanol–water partition coefficient (Wildman–Crippen LogP) is 0.917. The first kappa shape index (κ1) is 14.5. The average Bonchev–Trinajstić information content (AvgIpc) is 2.49. The quantitative estimate of drug-likeness (QED) is 0.810. The number of carbonyl (C=O) groups excluding carboxylic acids is 1. The van der Waals surface area contributed by atoms with Crippen molar-refractivity contribution in [2.75, 3.05) is 26.3 Å². The van der Waals surface area contributed by atoms with E-state index in [2.05, 4.69) is 11.4 Å². The van der Waals surface area contributed by atoms with Gasteiger partial charge in [0.1, 0.15) is 6.54 Å². The number of rotatable bonds is 5. The predicted molar refractivity (Wildman–Crippen MR) is 74.7 cm³/mol. The van der Waals surface area contributed by atoms with Crippen LogP contribution in [0.25, 0.3) is 0 Å². The zero-order chi connectivity index (χ0) is 14.2. The second-order valence-electron chi connectivity index (χ2n) is 4.82. The largest absolute Gasteiger partial charge is 0.378 e. The Kier molecular flexibility index (Phi) is 5.54. The molecule has 1 aromatic rings. The van der Waals surface area contributed by atoms with Crippen LogP contribution in [0.2, 0.25) is 0 Å². The van der Waals surface area contributed by atoms with Crippen LogP contribution in [-0.2, 0) is 16.1 Å². The van der Waals surface area contributed by atoms with Crippen LogP contribution in [0.4, 0.5) is 0 Å². The Morgan fingerprint density at radius 3 is 2.90 bits per heavy atom. The number of ether oxygens (including phenoxy) is 1. The van der Waals surface area contributed by atoms with E-state index in [1.165, 1.54) is 0 Å². The third-order valence-electron chi connectivity index (χ3n) is 3.25. The Hall–Kier alpha value is -1.90. The number of hydrogen-bond donors (Lipinski definition) is 1. The molecule has 1 atom stereocenters. The molecule has 1 aromatic carbocycles. The molecule has 5 nitrogen and oxygen atoms in total. The van der Waals surface area contributed by atoms with Gasteiger partial charge in [0, 0.05) is 25.6 Å². The van der Waals surface area contributed by atoms with Gasteiger partial charge in [-0.25, -0.2) is 0 Å². The first-order valence-electron chi connectivity index (χ1n) is 6.79. The Morgan fingerprint density at radius 1 is 1.45 bits per heavy atom. The van der Waals surface area contributed by atoms with E-state index >= 15 is 0 Å². The van der Waals surface area contributed by atoms with Crippen LogP contribution in [-0.4, -0.2) is 43.2 Å². The molecular formula is C15H19N3O2. The van der Waals surface area contributed by atoms with E-state index in [1.807, 2.05) is 30.3 Å². The van der Waals surface area contributed by atoms with Gasteiger partial charge in [-0.1, -0.05) is 30.3 Å². The lowest BCUT2D eigenvalue weighted by Gasteiger charge is -2.26. The third-order valence-corrected chi connectivity index (χ3v) is 3.25. The molecule has 1 unspecified atom stereocenters. The second-order valence-corrected chi connectivity index (χ2v) is 4.82. The molecule has 1 heterocycles. The lowest BCUT2D eigenvalue weighted by Crippen LogP contribution is -2.45. The van der Waals surface area contributed by atoms with Crippen molar-refractivity contribution >= 4 is 5.91 Å². The summed E-state index contributed by atoms with van der Waals surface area (Å²) in [6.45, 7) is 2.60. The van der Waals surface area contributed by atoms with E-state index in [9.17, 15) is 4.79 Å². The summed E-state index contributed by atoms with van der Waals surface area (Å²) in [5.74, 6) is -0.0154. The average molecular weight is 273 g/mol. The summed E-state index contributed by atoms with van der Waals surface area (Å²) in [5, 5.41) is 12.1. The molecule has 1 fully saturated rings. The number of morpholine rings is 1. The highest BCUT2D eigenvalue weighted by molar-refractivity contribution is 5.77. The Balaban J connectivity index is 1.93. The van der Waals surface area contributed by atoms with E-state index in [4.69, 9.17) is 10.00 Å². The molecule has 5 heteroatoms. The Morgan fingerprint density at radius 2 is 2.25 bits per heavy atom.